The van der Waals surface area contributed by atoms with Crippen molar-refractivity contribution in [2.24, 2.45) is 0 Å². The Labute approximate surface area is 94.1 Å². The van der Waals surface area contributed by atoms with Crippen LogP contribution in [0.15, 0.2) is 11.0 Å². The van der Waals surface area contributed by atoms with E-state index in [1.54, 1.807) is 11.3 Å². The van der Waals surface area contributed by atoms with Crippen molar-refractivity contribution in [3.63, 3.8) is 0 Å². The predicted molar refractivity (Wildman–Crippen MR) is 65.1 cm³/mol. The molecule has 0 radical (unpaired) electrons. The zero-order chi connectivity index (χ0) is 11.1. The van der Waals surface area contributed by atoms with Crippen LogP contribution in [-0.4, -0.2) is 33.1 Å². The molecular formula is C9H16O2S2Sn. The van der Waals surface area contributed by atoms with E-state index in [0.29, 0.717) is 4.90 Å². The topological polar surface area (TPSA) is 34.1 Å². The van der Waals surface area contributed by atoms with Gasteiger partial charge in [0.2, 0.25) is 0 Å². The van der Waals surface area contributed by atoms with E-state index in [9.17, 15) is 8.42 Å². The van der Waals surface area contributed by atoms with E-state index in [-0.39, 0.29) is 0 Å². The summed E-state index contributed by atoms with van der Waals surface area (Å²) in [6, 6.07) is 1.89. The standard InChI is InChI=1S/C6H7O2S2.3CH3.Sn/c1-5-6(3-4-9-5)10(2,7)8;;;;/h3H,1-2H3;3*1H3;. The van der Waals surface area contributed by atoms with Gasteiger partial charge in [0.15, 0.2) is 0 Å². The van der Waals surface area contributed by atoms with Gasteiger partial charge in [0.25, 0.3) is 0 Å². The summed E-state index contributed by atoms with van der Waals surface area (Å²) in [4.78, 5) is 8.36. The van der Waals surface area contributed by atoms with Crippen molar-refractivity contribution in [2.45, 2.75) is 26.6 Å². The van der Waals surface area contributed by atoms with E-state index in [4.69, 9.17) is 0 Å². The molecule has 0 aromatic carbocycles. The summed E-state index contributed by atoms with van der Waals surface area (Å²) in [6.45, 7) is 1.89. The van der Waals surface area contributed by atoms with Gasteiger partial charge in [0, 0.05) is 0 Å². The number of sulfone groups is 1. The fourth-order valence-electron chi connectivity index (χ4n) is 1.20. The van der Waals surface area contributed by atoms with Gasteiger partial charge in [-0.25, -0.2) is 0 Å². The van der Waals surface area contributed by atoms with E-state index < -0.39 is 28.2 Å². The molecule has 0 unspecified atom stereocenters. The summed E-state index contributed by atoms with van der Waals surface area (Å²) in [7, 11) is -3.03. The van der Waals surface area contributed by atoms with Crippen molar-refractivity contribution in [2.75, 3.05) is 6.26 Å². The van der Waals surface area contributed by atoms with Crippen molar-refractivity contribution in [1.82, 2.24) is 0 Å². The van der Waals surface area contributed by atoms with E-state index in [1.165, 1.54) is 9.15 Å². The molecule has 80 valence electrons. The third kappa shape index (κ3) is 2.73. The zero-order valence-electron chi connectivity index (χ0n) is 9.21. The quantitative estimate of drug-likeness (QED) is 0.773. The van der Waals surface area contributed by atoms with Gasteiger partial charge in [-0.05, 0) is 0 Å². The SMILES string of the molecule is Cc1s[c]([Sn]([CH3])([CH3])[CH3])cc1S(C)(=O)=O. The summed E-state index contributed by atoms with van der Waals surface area (Å²) >= 11 is -0.420. The first-order valence-corrected chi connectivity index (χ1v) is 17.1. The molecule has 0 saturated carbocycles. The summed E-state index contributed by atoms with van der Waals surface area (Å²) in [5.41, 5.74) is 0. The molecular weight excluding hydrogens is 323 g/mol. The first-order chi connectivity index (χ1) is 6.12. The van der Waals surface area contributed by atoms with Gasteiger partial charge < -0.3 is 0 Å². The molecule has 2 nitrogen and oxygen atoms in total. The van der Waals surface area contributed by atoms with Crippen molar-refractivity contribution in [3.05, 3.63) is 10.9 Å². The normalized spacial score (nSPS) is 13.2. The Morgan fingerprint density at radius 1 is 1.29 bits per heavy atom. The number of hydrogen-bond donors (Lipinski definition) is 0. The minimum atomic E-state index is -3.03. The summed E-state index contributed by atoms with van der Waals surface area (Å²) in [5, 5.41) is 0. The molecule has 1 aromatic rings. The van der Waals surface area contributed by atoms with Crippen LogP contribution in [0.5, 0.6) is 0 Å². The molecule has 0 aliphatic heterocycles. The Balaban J connectivity index is 3.33. The molecule has 0 bridgehead atoms. The minimum absolute atomic E-state index is 0.532. The van der Waals surface area contributed by atoms with Crippen LogP contribution in [0.3, 0.4) is 0 Å². The van der Waals surface area contributed by atoms with Crippen molar-refractivity contribution < 1.29 is 8.42 Å². The Bertz CT molecular complexity index is 438. The Morgan fingerprint density at radius 2 is 1.79 bits per heavy atom. The molecule has 0 amide bonds. The molecule has 1 heterocycles. The number of rotatable bonds is 2. The third-order valence-electron chi connectivity index (χ3n) is 2.01. The first-order valence-electron chi connectivity index (χ1n) is 4.43. The maximum atomic E-state index is 11.4. The van der Waals surface area contributed by atoms with E-state index in [2.05, 4.69) is 14.8 Å². The van der Waals surface area contributed by atoms with Crippen molar-refractivity contribution in [3.8, 4) is 0 Å². The van der Waals surface area contributed by atoms with Gasteiger partial charge in [-0.15, -0.1) is 0 Å². The predicted octanol–water partition coefficient (Wildman–Crippen LogP) is 2.01. The summed E-state index contributed by atoms with van der Waals surface area (Å²) in [5.74, 6) is 0. The molecule has 14 heavy (non-hydrogen) atoms. The molecule has 1 rings (SSSR count). The molecule has 0 atom stereocenters. The molecule has 0 aliphatic rings. The van der Waals surface area contributed by atoms with Crippen LogP contribution in [0.4, 0.5) is 0 Å². The van der Waals surface area contributed by atoms with Crippen LogP contribution < -0.4 is 2.89 Å². The second-order valence-corrected chi connectivity index (χ2v) is 23.2. The Morgan fingerprint density at radius 3 is 2.00 bits per heavy atom. The average Bonchev–Trinajstić information content (AvgIpc) is 2.27. The monoisotopic (exact) mass is 340 g/mol. The van der Waals surface area contributed by atoms with Crippen LogP contribution in [0.2, 0.25) is 14.8 Å². The zero-order valence-corrected chi connectivity index (χ0v) is 13.7. The van der Waals surface area contributed by atoms with Crippen molar-refractivity contribution in [1.29, 1.82) is 0 Å². The molecule has 0 fully saturated rings. The second-order valence-electron chi connectivity index (χ2n) is 4.55. The molecule has 1 aromatic heterocycles. The molecule has 0 spiro atoms. The van der Waals surface area contributed by atoms with Crippen molar-refractivity contribution >= 4 is 42.4 Å². The number of aryl methyl sites for hydroxylation is 1. The summed E-state index contributed by atoms with van der Waals surface area (Å²) in [6.07, 6.45) is 1.28. The van der Waals surface area contributed by atoms with Gasteiger partial charge in [-0.2, -0.15) is 0 Å². The maximum absolute atomic E-state index is 11.4. The third-order valence-corrected chi connectivity index (χ3v) is 13.8. The van der Waals surface area contributed by atoms with E-state index in [1.807, 2.05) is 13.0 Å². The average molecular weight is 339 g/mol. The number of thiophene rings is 1. The van der Waals surface area contributed by atoms with Crippen LogP contribution in [0, 0.1) is 6.92 Å². The van der Waals surface area contributed by atoms with E-state index >= 15 is 0 Å². The Hall–Kier alpha value is 0.449. The Kier molecular flexibility index (Phi) is 3.39. The number of hydrogen-bond acceptors (Lipinski definition) is 3. The van der Waals surface area contributed by atoms with Crippen LogP contribution in [0.25, 0.3) is 0 Å². The molecule has 0 saturated heterocycles. The summed E-state index contributed by atoms with van der Waals surface area (Å²) < 4.78 is 24.2. The van der Waals surface area contributed by atoms with Gasteiger partial charge in [0.1, 0.15) is 0 Å². The fraction of sp³-hybridized carbons (Fsp3) is 0.556. The van der Waals surface area contributed by atoms with Gasteiger partial charge in [-0.3, -0.25) is 0 Å². The van der Waals surface area contributed by atoms with Gasteiger partial charge in [0.05, 0.1) is 0 Å². The molecule has 0 aliphatic carbocycles. The van der Waals surface area contributed by atoms with E-state index in [0.717, 1.165) is 4.88 Å². The fourth-order valence-corrected chi connectivity index (χ4v) is 9.56. The van der Waals surface area contributed by atoms with Crippen LogP contribution in [0.1, 0.15) is 4.88 Å². The van der Waals surface area contributed by atoms with Gasteiger partial charge >= 0.3 is 94.7 Å². The second kappa shape index (κ2) is 3.79. The molecule has 5 heteroatoms. The van der Waals surface area contributed by atoms with Crippen LogP contribution >= 0.6 is 11.3 Å². The van der Waals surface area contributed by atoms with Crippen LogP contribution in [-0.2, 0) is 9.84 Å². The first kappa shape index (κ1) is 12.5. The molecule has 0 N–H and O–H groups in total. The van der Waals surface area contributed by atoms with Gasteiger partial charge in [-0.1, -0.05) is 0 Å².